The monoisotopic (exact) mass is 464 g/mol. The highest BCUT2D eigenvalue weighted by molar-refractivity contribution is 6.01. The van der Waals surface area contributed by atoms with Crippen molar-refractivity contribution >= 4 is 28.6 Å². The second-order valence-electron chi connectivity index (χ2n) is 9.51. The second kappa shape index (κ2) is 9.32. The highest BCUT2D eigenvalue weighted by atomic mass is 16.2. The van der Waals surface area contributed by atoms with Crippen LogP contribution >= 0.6 is 0 Å². The number of nitrogens with zero attached hydrogens (tertiary/aromatic N) is 3. The summed E-state index contributed by atoms with van der Waals surface area (Å²) in [6, 6.07) is 9.52. The minimum atomic E-state index is -1.09. The maximum Gasteiger partial charge on any atom is 0.272 e. The maximum absolute atomic E-state index is 13.0. The minimum absolute atomic E-state index is 0.167. The molecule has 3 amide bonds. The largest absolute Gasteiger partial charge is 0.361 e. The van der Waals surface area contributed by atoms with Crippen LogP contribution in [0.1, 0.15) is 53.7 Å². The van der Waals surface area contributed by atoms with Gasteiger partial charge in [-0.05, 0) is 37.3 Å². The number of benzene rings is 1. The van der Waals surface area contributed by atoms with Gasteiger partial charge in [-0.25, -0.2) is 0 Å². The van der Waals surface area contributed by atoms with Gasteiger partial charge >= 0.3 is 0 Å². The molecule has 0 saturated heterocycles. The van der Waals surface area contributed by atoms with Crippen LogP contribution in [-0.4, -0.2) is 63.1 Å². The average molecular weight is 465 g/mol. The third-order valence-corrected chi connectivity index (χ3v) is 6.59. The van der Waals surface area contributed by atoms with Gasteiger partial charge in [-0.2, -0.15) is 5.10 Å². The van der Waals surface area contributed by atoms with Crippen LogP contribution in [0.2, 0.25) is 0 Å². The van der Waals surface area contributed by atoms with Gasteiger partial charge in [0.2, 0.25) is 5.91 Å². The number of H-pyrrole nitrogens is 1. The number of nitrogens with one attached hydrogen (secondary N) is 3. The van der Waals surface area contributed by atoms with Gasteiger partial charge in [0, 0.05) is 43.3 Å². The summed E-state index contributed by atoms with van der Waals surface area (Å²) in [5.41, 5.74) is 1.56. The molecule has 1 aromatic carbocycles. The van der Waals surface area contributed by atoms with Gasteiger partial charge in [0.25, 0.3) is 11.8 Å². The summed E-state index contributed by atoms with van der Waals surface area (Å²) in [7, 11) is 1.61. The van der Waals surface area contributed by atoms with Crippen LogP contribution < -0.4 is 10.6 Å². The van der Waals surface area contributed by atoms with E-state index in [1.165, 1.54) is 15.6 Å². The van der Waals surface area contributed by atoms with Gasteiger partial charge in [-0.3, -0.25) is 19.1 Å². The van der Waals surface area contributed by atoms with Crippen LogP contribution in [0.25, 0.3) is 10.9 Å². The highest BCUT2D eigenvalue weighted by Crippen LogP contribution is 2.26. The lowest BCUT2D eigenvalue weighted by atomic mass is 9.95. The van der Waals surface area contributed by atoms with E-state index in [0.717, 1.165) is 22.9 Å². The van der Waals surface area contributed by atoms with Crippen molar-refractivity contribution in [2.45, 2.75) is 45.7 Å². The molecule has 9 nitrogen and oxygen atoms in total. The van der Waals surface area contributed by atoms with Crippen molar-refractivity contribution in [2.24, 2.45) is 5.92 Å². The number of carbonyl (C=O) groups is 3. The molecule has 1 aliphatic rings. The van der Waals surface area contributed by atoms with Crippen molar-refractivity contribution in [2.75, 3.05) is 20.1 Å². The van der Waals surface area contributed by atoms with Gasteiger partial charge in [0.1, 0.15) is 11.2 Å². The maximum atomic E-state index is 13.0. The van der Waals surface area contributed by atoms with E-state index >= 15 is 0 Å². The molecule has 0 radical (unpaired) electrons. The van der Waals surface area contributed by atoms with E-state index in [0.29, 0.717) is 31.1 Å². The van der Waals surface area contributed by atoms with Crippen LogP contribution in [0.3, 0.4) is 0 Å². The molecule has 180 valence electrons. The van der Waals surface area contributed by atoms with Crippen LogP contribution in [0.4, 0.5) is 0 Å². The molecule has 1 atom stereocenters. The topological polar surface area (TPSA) is 112 Å². The third kappa shape index (κ3) is 4.42. The zero-order valence-electron chi connectivity index (χ0n) is 20.1. The number of aromatic amines is 1. The second-order valence-corrected chi connectivity index (χ2v) is 9.51. The summed E-state index contributed by atoms with van der Waals surface area (Å²) in [6.07, 6.45) is 3.47. The molecule has 3 N–H and O–H groups in total. The van der Waals surface area contributed by atoms with E-state index in [-0.39, 0.29) is 30.0 Å². The van der Waals surface area contributed by atoms with E-state index in [2.05, 4.69) is 34.6 Å². The number of para-hydroxylation sites is 1. The molecule has 0 spiro atoms. The van der Waals surface area contributed by atoms with Gasteiger partial charge in [0.15, 0.2) is 5.69 Å². The van der Waals surface area contributed by atoms with E-state index in [4.69, 9.17) is 0 Å². The Morgan fingerprint density at radius 3 is 2.74 bits per heavy atom. The number of fused-ring (bicyclic) bond motifs is 2. The Hall–Kier alpha value is -3.62. The van der Waals surface area contributed by atoms with E-state index in [1.54, 1.807) is 14.0 Å². The number of hydrogen-bond donors (Lipinski definition) is 3. The molecule has 3 heterocycles. The fourth-order valence-electron chi connectivity index (χ4n) is 4.24. The van der Waals surface area contributed by atoms with Crippen molar-refractivity contribution in [3.8, 4) is 0 Å². The van der Waals surface area contributed by atoms with Gasteiger partial charge in [-0.1, -0.05) is 32.0 Å². The zero-order chi connectivity index (χ0) is 24.5. The molecular formula is C25H32N6O3. The van der Waals surface area contributed by atoms with E-state index < -0.39 is 5.54 Å². The molecule has 0 bridgehead atoms. The van der Waals surface area contributed by atoms with Crippen LogP contribution in [0.5, 0.6) is 0 Å². The van der Waals surface area contributed by atoms with Crippen molar-refractivity contribution in [3.05, 3.63) is 53.5 Å². The Kier molecular flexibility index (Phi) is 6.45. The summed E-state index contributed by atoms with van der Waals surface area (Å²) >= 11 is 0. The number of amides is 3. The molecule has 2 aromatic heterocycles. The first kappa shape index (κ1) is 23.5. The Bertz CT molecular complexity index is 1230. The van der Waals surface area contributed by atoms with Crippen LogP contribution in [-0.2, 0) is 17.8 Å². The number of hydrogen-bond acceptors (Lipinski definition) is 4. The van der Waals surface area contributed by atoms with Crippen LogP contribution in [0.15, 0.2) is 36.5 Å². The summed E-state index contributed by atoms with van der Waals surface area (Å²) in [5, 5.41) is 11.3. The summed E-state index contributed by atoms with van der Waals surface area (Å²) in [6.45, 7) is 7.07. The molecule has 4 rings (SSSR count). The van der Waals surface area contributed by atoms with E-state index in [9.17, 15) is 14.4 Å². The number of aromatic nitrogens is 3. The van der Waals surface area contributed by atoms with Gasteiger partial charge in [0.05, 0.1) is 6.54 Å². The third-order valence-electron chi connectivity index (χ3n) is 6.59. The molecule has 3 aromatic rings. The van der Waals surface area contributed by atoms with Crippen molar-refractivity contribution in [1.82, 2.24) is 30.3 Å². The predicted octanol–water partition coefficient (Wildman–Crippen LogP) is 2.34. The predicted molar refractivity (Wildman–Crippen MR) is 130 cm³/mol. The fraction of sp³-hybridized carbons (Fsp3) is 0.440. The molecule has 34 heavy (non-hydrogen) atoms. The minimum Gasteiger partial charge on any atom is -0.361 e. The molecule has 0 fully saturated rings. The summed E-state index contributed by atoms with van der Waals surface area (Å²) in [4.78, 5) is 43.3. The molecule has 0 unspecified atom stereocenters. The Morgan fingerprint density at radius 2 is 1.97 bits per heavy atom. The van der Waals surface area contributed by atoms with Crippen LogP contribution in [0, 0.1) is 5.92 Å². The van der Waals surface area contributed by atoms with Crippen molar-refractivity contribution < 1.29 is 14.4 Å². The molecular weight excluding hydrogens is 432 g/mol. The zero-order valence-corrected chi connectivity index (χ0v) is 20.1. The first-order valence-corrected chi connectivity index (χ1v) is 11.7. The number of carbonyl (C=O) groups excluding carboxylic acids is 3. The highest BCUT2D eigenvalue weighted by Gasteiger charge is 2.46. The van der Waals surface area contributed by atoms with Crippen molar-refractivity contribution in [1.29, 1.82) is 0 Å². The lowest BCUT2D eigenvalue weighted by Crippen LogP contribution is -2.62. The fourth-order valence-corrected chi connectivity index (χ4v) is 4.24. The summed E-state index contributed by atoms with van der Waals surface area (Å²) < 4.78 is 1.47. The normalized spacial score (nSPS) is 17.8. The molecule has 1 aliphatic heterocycles. The first-order valence-electron chi connectivity index (χ1n) is 11.7. The quantitative estimate of drug-likeness (QED) is 0.475. The Balaban J connectivity index is 1.42. The van der Waals surface area contributed by atoms with Gasteiger partial charge < -0.3 is 20.5 Å². The lowest BCUT2D eigenvalue weighted by Gasteiger charge is -2.40. The lowest BCUT2D eigenvalue weighted by molar-refractivity contribution is -0.132. The van der Waals surface area contributed by atoms with Gasteiger partial charge in [-0.15, -0.1) is 0 Å². The SMILES string of the molecule is CC(C)CCNC(=O)[C@@]1(C)Cn2nc(C(=O)NCCc3c[nH]c4ccccc34)cc2C(=O)N1C. The first-order chi connectivity index (χ1) is 16.2. The van der Waals surface area contributed by atoms with Crippen molar-refractivity contribution in [3.63, 3.8) is 0 Å². The average Bonchev–Trinajstić information content (AvgIpc) is 3.42. The Morgan fingerprint density at radius 1 is 1.21 bits per heavy atom. The molecule has 0 saturated carbocycles. The number of rotatable bonds is 8. The standard InChI is InChI=1S/C25H32N6O3/c1-16(2)9-11-27-24(34)25(3)15-31-21(23(33)30(25)4)13-20(29-31)22(32)26-12-10-17-14-28-19-8-6-5-7-18(17)19/h5-8,13-14,16,28H,9-12,15H2,1-4H3,(H,26,32)(H,27,34)/t25-/m1/s1. The molecule has 9 heteroatoms. The molecule has 0 aliphatic carbocycles. The van der Waals surface area contributed by atoms with E-state index in [1.807, 2.05) is 30.5 Å². The number of likely N-dealkylation sites (N-methyl/N-ethyl adjacent to an activating group) is 1. The smallest absolute Gasteiger partial charge is 0.272 e. The Labute approximate surface area is 198 Å². The summed E-state index contributed by atoms with van der Waals surface area (Å²) in [5.74, 6) is -0.443.